The summed E-state index contributed by atoms with van der Waals surface area (Å²) in [6.45, 7) is 10.2. The molecule has 0 aromatic heterocycles. The van der Waals surface area contributed by atoms with E-state index in [2.05, 4.69) is 36.7 Å². The second-order valence-corrected chi connectivity index (χ2v) is 8.01. The lowest BCUT2D eigenvalue weighted by atomic mass is 9.82. The summed E-state index contributed by atoms with van der Waals surface area (Å²) >= 11 is 1.46. The number of carbonyl (C=O) groups is 2. The maximum absolute atomic E-state index is 12.1. The smallest absolute Gasteiger partial charge is 0.315 e. The summed E-state index contributed by atoms with van der Waals surface area (Å²) in [5, 5.41) is 16.6. The molecule has 1 unspecified atom stereocenters. The van der Waals surface area contributed by atoms with Gasteiger partial charge in [-0.05, 0) is 31.9 Å². The fourth-order valence-electron chi connectivity index (χ4n) is 2.47. The zero-order valence-corrected chi connectivity index (χ0v) is 15.2. The maximum atomic E-state index is 12.1. The third-order valence-electron chi connectivity index (χ3n) is 2.72. The third-order valence-corrected chi connectivity index (χ3v) is 3.39. The van der Waals surface area contributed by atoms with Crippen molar-refractivity contribution in [1.82, 2.24) is 16.0 Å². The van der Waals surface area contributed by atoms with Gasteiger partial charge in [0.1, 0.15) is 12.6 Å². The van der Waals surface area contributed by atoms with E-state index in [1.165, 1.54) is 11.8 Å². The van der Waals surface area contributed by atoms with Crippen molar-refractivity contribution in [2.45, 2.75) is 52.6 Å². The summed E-state index contributed by atoms with van der Waals surface area (Å²) < 4.78 is 0. The fourth-order valence-corrected chi connectivity index (χ4v) is 3.04. The Morgan fingerprint density at radius 1 is 1.23 bits per heavy atom. The number of nitrogens with one attached hydrogen (secondary N) is 3. The van der Waals surface area contributed by atoms with Crippen molar-refractivity contribution in [2.75, 3.05) is 18.6 Å². The van der Waals surface area contributed by atoms with Crippen molar-refractivity contribution in [3.8, 4) is 6.07 Å². The topological polar surface area (TPSA) is 94.0 Å². The van der Waals surface area contributed by atoms with E-state index in [4.69, 9.17) is 5.26 Å². The summed E-state index contributed by atoms with van der Waals surface area (Å²) in [7, 11) is 0. The van der Waals surface area contributed by atoms with E-state index in [1.807, 2.05) is 26.2 Å². The molecule has 22 heavy (non-hydrogen) atoms. The van der Waals surface area contributed by atoms with Gasteiger partial charge in [-0.15, -0.1) is 0 Å². The highest BCUT2D eigenvalue weighted by Crippen LogP contribution is 2.26. The van der Waals surface area contributed by atoms with E-state index in [9.17, 15) is 9.59 Å². The van der Waals surface area contributed by atoms with Crippen molar-refractivity contribution in [1.29, 1.82) is 5.26 Å². The Labute approximate surface area is 137 Å². The number of amides is 3. The predicted molar refractivity (Wildman–Crippen MR) is 90.6 cm³/mol. The van der Waals surface area contributed by atoms with E-state index in [-0.39, 0.29) is 29.4 Å². The Hall–Kier alpha value is -1.42. The van der Waals surface area contributed by atoms with E-state index in [0.29, 0.717) is 5.75 Å². The van der Waals surface area contributed by atoms with Crippen molar-refractivity contribution in [3.63, 3.8) is 0 Å². The molecule has 0 saturated carbocycles. The predicted octanol–water partition coefficient (Wildman–Crippen LogP) is 1.87. The summed E-state index contributed by atoms with van der Waals surface area (Å²) in [5.74, 6) is 0.101. The number of hydrogen-bond donors (Lipinski definition) is 3. The molecule has 0 aromatic rings. The first-order chi connectivity index (χ1) is 10.0. The molecule has 0 radical (unpaired) electrons. The van der Waals surface area contributed by atoms with Gasteiger partial charge in [-0.3, -0.25) is 4.79 Å². The lowest BCUT2D eigenvalue weighted by molar-refractivity contribution is -0.122. The van der Waals surface area contributed by atoms with Crippen LogP contribution in [0.5, 0.6) is 0 Å². The zero-order valence-electron chi connectivity index (χ0n) is 14.4. The standard InChI is InChI=1S/C15H28N4O2S/c1-14(2,3)10-15(4,5)19-13(21)18-11(9-22-6)12(20)17-8-7-16/h11H,8-10H2,1-6H3,(H,17,20)(H2,18,19,21). The van der Waals surface area contributed by atoms with E-state index < -0.39 is 6.04 Å². The second kappa shape index (κ2) is 8.89. The van der Waals surface area contributed by atoms with Gasteiger partial charge in [0.15, 0.2) is 0 Å². The van der Waals surface area contributed by atoms with Gasteiger partial charge in [0, 0.05) is 11.3 Å². The zero-order chi connectivity index (χ0) is 17.4. The van der Waals surface area contributed by atoms with Crippen molar-refractivity contribution in [3.05, 3.63) is 0 Å². The minimum Gasteiger partial charge on any atom is -0.341 e. The molecule has 3 N–H and O–H groups in total. The number of nitriles is 1. The molecule has 0 aliphatic carbocycles. The van der Waals surface area contributed by atoms with Crippen molar-refractivity contribution >= 4 is 23.7 Å². The van der Waals surface area contributed by atoms with E-state index in [1.54, 1.807) is 0 Å². The number of urea groups is 1. The van der Waals surface area contributed by atoms with Crippen LogP contribution in [0.4, 0.5) is 4.79 Å². The SMILES string of the molecule is CSCC(NC(=O)NC(C)(C)CC(C)(C)C)C(=O)NCC#N. The van der Waals surface area contributed by atoms with E-state index in [0.717, 1.165) is 6.42 Å². The minimum absolute atomic E-state index is 0.0669. The normalized spacial score (nSPS) is 13.0. The van der Waals surface area contributed by atoms with Gasteiger partial charge in [-0.1, -0.05) is 20.8 Å². The number of carbonyl (C=O) groups excluding carboxylic acids is 2. The molecule has 6 nitrogen and oxygen atoms in total. The quantitative estimate of drug-likeness (QED) is 0.622. The van der Waals surface area contributed by atoms with Crippen molar-refractivity contribution < 1.29 is 9.59 Å². The largest absolute Gasteiger partial charge is 0.341 e. The average Bonchev–Trinajstić information content (AvgIpc) is 2.31. The average molecular weight is 328 g/mol. The number of hydrogen-bond acceptors (Lipinski definition) is 4. The van der Waals surface area contributed by atoms with E-state index >= 15 is 0 Å². The van der Waals surface area contributed by atoms with Crippen LogP contribution in [0.25, 0.3) is 0 Å². The van der Waals surface area contributed by atoms with Gasteiger partial charge in [0.2, 0.25) is 5.91 Å². The first-order valence-corrected chi connectivity index (χ1v) is 8.62. The Morgan fingerprint density at radius 2 is 1.82 bits per heavy atom. The van der Waals surface area contributed by atoms with Gasteiger partial charge in [0.25, 0.3) is 0 Å². The highest BCUT2D eigenvalue weighted by Gasteiger charge is 2.28. The number of rotatable bonds is 7. The van der Waals surface area contributed by atoms with Crippen LogP contribution in [-0.4, -0.2) is 42.1 Å². The van der Waals surface area contributed by atoms with Gasteiger partial charge in [-0.2, -0.15) is 17.0 Å². The molecule has 0 saturated heterocycles. The molecule has 0 aliphatic rings. The van der Waals surface area contributed by atoms with Crippen LogP contribution in [0, 0.1) is 16.7 Å². The molecule has 0 aromatic carbocycles. The lowest BCUT2D eigenvalue weighted by Crippen LogP contribution is -2.56. The Morgan fingerprint density at radius 3 is 2.27 bits per heavy atom. The molecule has 0 fully saturated rings. The third kappa shape index (κ3) is 9.50. The maximum Gasteiger partial charge on any atom is 0.315 e. The highest BCUT2D eigenvalue weighted by atomic mass is 32.2. The summed E-state index contributed by atoms with van der Waals surface area (Å²) in [6, 6.07) is 0.813. The Bertz CT molecular complexity index is 424. The summed E-state index contributed by atoms with van der Waals surface area (Å²) in [5.41, 5.74) is -0.297. The molecule has 126 valence electrons. The molecule has 0 bridgehead atoms. The Kier molecular flexibility index (Phi) is 8.31. The van der Waals surface area contributed by atoms with Crippen LogP contribution in [0.15, 0.2) is 0 Å². The second-order valence-electron chi connectivity index (χ2n) is 7.10. The molecule has 0 aliphatic heterocycles. The highest BCUT2D eigenvalue weighted by molar-refractivity contribution is 7.98. The van der Waals surface area contributed by atoms with Crippen LogP contribution in [-0.2, 0) is 4.79 Å². The molecular formula is C15H28N4O2S. The monoisotopic (exact) mass is 328 g/mol. The van der Waals surface area contributed by atoms with Crippen LogP contribution >= 0.6 is 11.8 Å². The molecular weight excluding hydrogens is 300 g/mol. The molecule has 7 heteroatoms. The molecule has 1 atom stereocenters. The molecule has 0 spiro atoms. The van der Waals surface area contributed by atoms with Crippen LogP contribution in [0.3, 0.4) is 0 Å². The van der Waals surface area contributed by atoms with Crippen LogP contribution in [0.2, 0.25) is 0 Å². The summed E-state index contributed by atoms with van der Waals surface area (Å²) in [6.07, 6.45) is 2.66. The van der Waals surface area contributed by atoms with Gasteiger partial charge < -0.3 is 16.0 Å². The van der Waals surface area contributed by atoms with Crippen LogP contribution in [0.1, 0.15) is 41.0 Å². The van der Waals surface area contributed by atoms with Gasteiger partial charge >= 0.3 is 6.03 Å². The minimum atomic E-state index is -0.659. The molecule has 0 rings (SSSR count). The molecule has 3 amide bonds. The van der Waals surface area contributed by atoms with Crippen LogP contribution < -0.4 is 16.0 Å². The first-order valence-electron chi connectivity index (χ1n) is 7.23. The summed E-state index contributed by atoms with van der Waals surface area (Å²) in [4.78, 5) is 24.0. The van der Waals surface area contributed by atoms with Gasteiger partial charge in [-0.25, -0.2) is 4.79 Å². The van der Waals surface area contributed by atoms with Gasteiger partial charge in [0.05, 0.1) is 6.07 Å². The fraction of sp³-hybridized carbons (Fsp3) is 0.800. The van der Waals surface area contributed by atoms with Crippen molar-refractivity contribution in [2.24, 2.45) is 5.41 Å². The Balaban J connectivity index is 4.63. The number of nitrogens with zero attached hydrogens (tertiary/aromatic N) is 1. The number of thioether (sulfide) groups is 1. The first kappa shape index (κ1) is 20.6. The molecule has 0 heterocycles. The lowest BCUT2D eigenvalue weighted by Gasteiger charge is -2.33.